The third-order valence-electron chi connectivity index (χ3n) is 4.33. The first kappa shape index (κ1) is 18.9. The molecule has 2 atom stereocenters. The smallest absolute Gasteiger partial charge is 0.281 e. The zero-order valence-corrected chi connectivity index (χ0v) is 15.0. The van der Waals surface area contributed by atoms with E-state index < -0.39 is 10.2 Å². The molecule has 0 aliphatic carbocycles. The summed E-state index contributed by atoms with van der Waals surface area (Å²) < 4.78 is 28.5. The molecule has 1 aliphatic rings. The van der Waals surface area contributed by atoms with Gasteiger partial charge in [-0.3, -0.25) is 0 Å². The van der Waals surface area contributed by atoms with E-state index in [9.17, 15) is 8.42 Å². The van der Waals surface area contributed by atoms with Gasteiger partial charge in [-0.15, -0.1) is 0 Å². The van der Waals surface area contributed by atoms with Crippen LogP contribution in [-0.4, -0.2) is 56.8 Å². The summed E-state index contributed by atoms with van der Waals surface area (Å²) in [6.45, 7) is 10.2. The van der Waals surface area contributed by atoms with E-state index in [0.29, 0.717) is 31.5 Å². The summed E-state index contributed by atoms with van der Waals surface area (Å²) in [5.41, 5.74) is 0. The van der Waals surface area contributed by atoms with Gasteiger partial charge in [0.25, 0.3) is 10.2 Å². The average Bonchev–Trinajstić information content (AvgIpc) is 2.47. The summed E-state index contributed by atoms with van der Waals surface area (Å²) in [7, 11) is -1.58. The van der Waals surface area contributed by atoms with Crippen molar-refractivity contribution in [3.63, 3.8) is 0 Å². The van der Waals surface area contributed by atoms with E-state index in [1.165, 1.54) is 4.31 Å². The highest BCUT2D eigenvalue weighted by Crippen LogP contribution is 2.21. The summed E-state index contributed by atoms with van der Waals surface area (Å²) in [5.74, 6) is 0.841. The van der Waals surface area contributed by atoms with Gasteiger partial charge in [-0.1, -0.05) is 27.2 Å². The summed E-state index contributed by atoms with van der Waals surface area (Å²) in [4.78, 5) is 0. The highest BCUT2D eigenvalue weighted by Gasteiger charge is 2.32. The normalized spacial score (nSPS) is 22.6. The van der Waals surface area contributed by atoms with Crippen LogP contribution in [0.25, 0.3) is 0 Å². The van der Waals surface area contributed by atoms with E-state index in [1.54, 1.807) is 11.4 Å². The van der Waals surface area contributed by atoms with Crippen molar-refractivity contribution in [3.8, 4) is 0 Å². The largest absolute Gasteiger partial charge is 0.316 e. The number of hydrogen-bond donors (Lipinski definition) is 1. The van der Waals surface area contributed by atoms with E-state index in [0.717, 1.165) is 38.8 Å². The Kier molecular flexibility index (Phi) is 8.16. The van der Waals surface area contributed by atoms with Gasteiger partial charge in [0.1, 0.15) is 0 Å². The number of hydrogen-bond acceptors (Lipinski definition) is 3. The van der Waals surface area contributed by atoms with Crippen molar-refractivity contribution < 1.29 is 8.42 Å². The number of rotatable bonds is 9. The Balaban J connectivity index is 2.57. The van der Waals surface area contributed by atoms with Crippen molar-refractivity contribution >= 4 is 10.2 Å². The Bertz CT molecular complexity index is 386. The quantitative estimate of drug-likeness (QED) is 0.661. The van der Waals surface area contributed by atoms with Gasteiger partial charge >= 0.3 is 0 Å². The molecule has 6 heteroatoms. The molecular weight excluding hydrogens is 286 g/mol. The molecule has 21 heavy (non-hydrogen) atoms. The van der Waals surface area contributed by atoms with Crippen molar-refractivity contribution in [2.45, 2.75) is 46.5 Å². The fourth-order valence-electron chi connectivity index (χ4n) is 2.75. The summed E-state index contributed by atoms with van der Waals surface area (Å²) in [6.07, 6.45) is 4.21. The molecule has 1 rings (SSSR count). The van der Waals surface area contributed by atoms with Crippen LogP contribution in [0.5, 0.6) is 0 Å². The van der Waals surface area contributed by atoms with Crippen LogP contribution in [0.2, 0.25) is 0 Å². The molecule has 0 saturated carbocycles. The maximum absolute atomic E-state index is 12.6. The molecule has 1 fully saturated rings. The van der Waals surface area contributed by atoms with Gasteiger partial charge in [-0.2, -0.15) is 17.0 Å². The lowest BCUT2D eigenvalue weighted by Crippen LogP contribution is -2.49. The van der Waals surface area contributed by atoms with Crippen molar-refractivity contribution in [1.29, 1.82) is 0 Å². The van der Waals surface area contributed by atoms with Crippen molar-refractivity contribution in [1.82, 2.24) is 13.9 Å². The molecule has 0 aromatic rings. The zero-order chi connectivity index (χ0) is 15.9. The number of piperidine rings is 1. The molecule has 5 nitrogen and oxygen atoms in total. The Morgan fingerprint density at radius 3 is 2.71 bits per heavy atom. The van der Waals surface area contributed by atoms with Crippen LogP contribution in [0.4, 0.5) is 0 Å². The topological polar surface area (TPSA) is 52.7 Å². The molecule has 0 aromatic carbocycles. The molecule has 1 N–H and O–H groups in total. The van der Waals surface area contributed by atoms with E-state index in [-0.39, 0.29) is 0 Å². The van der Waals surface area contributed by atoms with Crippen LogP contribution in [0, 0.1) is 11.8 Å². The minimum absolute atomic E-state index is 0.400. The van der Waals surface area contributed by atoms with Gasteiger partial charge in [0.05, 0.1) is 0 Å². The fourth-order valence-corrected chi connectivity index (χ4v) is 4.34. The van der Waals surface area contributed by atoms with Gasteiger partial charge in [0, 0.05) is 26.7 Å². The lowest BCUT2D eigenvalue weighted by Gasteiger charge is -2.35. The molecule has 0 spiro atoms. The molecule has 1 aliphatic heterocycles. The summed E-state index contributed by atoms with van der Waals surface area (Å²) in [6, 6.07) is 0. The molecule has 0 bridgehead atoms. The zero-order valence-electron chi connectivity index (χ0n) is 14.1. The third-order valence-corrected chi connectivity index (χ3v) is 6.25. The lowest BCUT2D eigenvalue weighted by atomic mass is 10.00. The van der Waals surface area contributed by atoms with Crippen molar-refractivity contribution in [2.24, 2.45) is 11.8 Å². The van der Waals surface area contributed by atoms with Gasteiger partial charge in [-0.05, 0) is 44.2 Å². The Labute approximate surface area is 131 Å². The van der Waals surface area contributed by atoms with Gasteiger partial charge in [0.15, 0.2) is 0 Å². The first-order valence-electron chi connectivity index (χ1n) is 8.33. The van der Waals surface area contributed by atoms with Crippen LogP contribution in [-0.2, 0) is 10.2 Å². The highest BCUT2D eigenvalue weighted by atomic mass is 32.2. The minimum atomic E-state index is -3.29. The van der Waals surface area contributed by atoms with Gasteiger partial charge in [-0.25, -0.2) is 0 Å². The van der Waals surface area contributed by atoms with Crippen LogP contribution < -0.4 is 5.32 Å². The van der Waals surface area contributed by atoms with Crippen LogP contribution >= 0.6 is 0 Å². The first-order chi connectivity index (χ1) is 9.91. The van der Waals surface area contributed by atoms with E-state index in [1.807, 2.05) is 0 Å². The van der Waals surface area contributed by atoms with Crippen molar-refractivity contribution in [3.05, 3.63) is 0 Å². The van der Waals surface area contributed by atoms with Gasteiger partial charge < -0.3 is 5.32 Å². The fraction of sp³-hybridized carbons (Fsp3) is 1.00. The number of nitrogens with one attached hydrogen (secondary N) is 1. The van der Waals surface area contributed by atoms with E-state index in [4.69, 9.17) is 0 Å². The average molecular weight is 320 g/mol. The molecule has 0 aromatic heterocycles. The first-order valence-corrected chi connectivity index (χ1v) is 9.73. The minimum Gasteiger partial charge on any atom is -0.316 e. The monoisotopic (exact) mass is 319 g/mol. The van der Waals surface area contributed by atoms with E-state index >= 15 is 0 Å². The summed E-state index contributed by atoms with van der Waals surface area (Å²) in [5, 5.41) is 3.41. The Hall–Kier alpha value is -0.170. The maximum atomic E-state index is 12.6. The van der Waals surface area contributed by atoms with Crippen LogP contribution in [0.3, 0.4) is 0 Å². The number of nitrogens with zero attached hydrogens (tertiary/aromatic N) is 2. The predicted molar refractivity (Wildman–Crippen MR) is 88.5 cm³/mol. The van der Waals surface area contributed by atoms with Crippen molar-refractivity contribution in [2.75, 3.05) is 39.8 Å². The van der Waals surface area contributed by atoms with Gasteiger partial charge in [0.2, 0.25) is 0 Å². The molecule has 2 unspecified atom stereocenters. The maximum Gasteiger partial charge on any atom is 0.281 e. The molecule has 1 saturated heterocycles. The molecule has 0 amide bonds. The second kappa shape index (κ2) is 9.08. The lowest BCUT2D eigenvalue weighted by molar-refractivity contribution is 0.243. The molecule has 1 heterocycles. The SMILES string of the molecule is CCCNCC1CCCN(S(=O)(=O)N(C)CC(C)CC)C1. The summed E-state index contributed by atoms with van der Waals surface area (Å²) >= 11 is 0. The Morgan fingerprint density at radius 1 is 1.38 bits per heavy atom. The molecular formula is C15H33N3O2S. The third kappa shape index (κ3) is 5.85. The second-order valence-electron chi connectivity index (χ2n) is 6.37. The van der Waals surface area contributed by atoms with Crippen LogP contribution in [0.15, 0.2) is 0 Å². The predicted octanol–water partition coefficient (Wildman–Crippen LogP) is 1.92. The second-order valence-corrected chi connectivity index (χ2v) is 8.41. The highest BCUT2D eigenvalue weighted by molar-refractivity contribution is 7.86. The van der Waals surface area contributed by atoms with Crippen LogP contribution in [0.1, 0.15) is 46.5 Å². The van der Waals surface area contributed by atoms with E-state index in [2.05, 4.69) is 26.1 Å². The Morgan fingerprint density at radius 2 is 2.10 bits per heavy atom. The standard InChI is InChI=1S/C15H33N3O2S/c1-5-9-16-11-15-8-7-10-18(13-15)21(19,20)17(4)12-14(3)6-2/h14-16H,5-13H2,1-4H3. The molecule has 0 radical (unpaired) electrons. The molecule has 126 valence electrons.